The molecule has 0 rings (SSSR count). The second kappa shape index (κ2) is 14.6. The maximum Gasteiger partial charge on any atom is 0.326 e. The van der Waals surface area contributed by atoms with E-state index >= 15 is 0 Å². The molecule has 0 aliphatic rings. The van der Waals surface area contributed by atoms with E-state index in [-0.39, 0.29) is 12.3 Å². The molecule has 0 bridgehead atoms. The van der Waals surface area contributed by atoms with E-state index in [9.17, 15) is 34.2 Å². The number of thioether (sulfide) groups is 1. The number of carbonyl (C=O) groups is 5. The standard InChI is InChI=1S/C18H33N5O7S/c1-4-9(2)14(23-15(26)10(19)7-13(20)25)17(28)22-12(8-24)16(27)21-11(18(29)30)5-6-31-3/h9-12,14,24H,4-8,19H2,1-3H3,(H2,20,25)(H,21,27)(H,22,28)(H,23,26)(H,29,30). The van der Waals surface area contributed by atoms with E-state index in [4.69, 9.17) is 11.5 Å². The summed E-state index contributed by atoms with van der Waals surface area (Å²) in [5.41, 5.74) is 10.6. The summed E-state index contributed by atoms with van der Waals surface area (Å²) < 4.78 is 0. The number of carboxylic acids is 1. The summed E-state index contributed by atoms with van der Waals surface area (Å²) in [4.78, 5) is 59.6. The summed E-state index contributed by atoms with van der Waals surface area (Å²) in [7, 11) is 0. The molecule has 0 saturated carbocycles. The van der Waals surface area contributed by atoms with E-state index in [1.165, 1.54) is 11.8 Å². The smallest absolute Gasteiger partial charge is 0.326 e. The first-order valence-corrected chi connectivity index (χ1v) is 11.1. The van der Waals surface area contributed by atoms with Crippen molar-refractivity contribution < 1.29 is 34.2 Å². The van der Waals surface area contributed by atoms with Crippen LogP contribution in [-0.4, -0.2) is 82.6 Å². The maximum absolute atomic E-state index is 12.7. The molecule has 13 heteroatoms. The number of rotatable bonds is 15. The van der Waals surface area contributed by atoms with Gasteiger partial charge < -0.3 is 37.6 Å². The lowest BCUT2D eigenvalue weighted by molar-refractivity contribution is -0.142. The first-order valence-electron chi connectivity index (χ1n) is 9.75. The number of hydrogen-bond acceptors (Lipinski definition) is 8. The van der Waals surface area contributed by atoms with Gasteiger partial charge in [0.1, 0.15) is 18.1 Å². The predicted molar refractivity (Wildman–Crippen MR) is 115 cm³/mol. The Balaban J connectivity index is 5.26. The number of amides is 4. The molecule has 0 aliphatic heterocycles. The van der Waals surface area contributed by atoms with Crippen molar-refractivity contribution in [2.45, 2.75) is 57.3 Å². The topological polar surface area (TPSA) is 214 Å². The minimum Gasteiger partial charge on any atom is -0.480 e. The number of aliphatic hydroxyl groups excluding tert-OH is 1. The zero-order valence-corrected chi connectivity index (χ0v) is 18.7. The SMILES string of the molecule is CCC(C)C(NC(=O)C(N)CC(N)=O)C(=O)NC(CO)C(=O)NC(CCSC)C(=O)O. The van der Waals surface area contributed by atoms with E-state index in [2.05, 4.69) is 16.0 Å². The molecule has 4 amide bonds. The fourth-order valence-electron chi connectivity index (χ4n) is 2.49. The number of nitrogens with two attached hydrogens (primary N) is 2. The van der Waals surface area contributed by atoms with Crippen molar-refractivity contribution in [2.24, 2.45) is 17.4 Å². The summed E-state index contributed by atoms with van der Waals surface area (Å²) in [6.45, 7) is 2.68. The Labute approximate surface area is 185 Å². The molecule has 0 spiro atoms. The lowest BCUT2D eigenvalue weighted by Gasteiger charge is -2.27. The van der Waals surface area contributed by atoms with Crippen molar-refractivity contribution >= 4 is 41.4 Å². The highest BCUT2D eigenvalue weighted by molar-refractivity contribution is 7.98. The first kappa shape index (κ1) is 28.6. The van der Waals surface area contributed by atoms with Crippen LogP contribution in [-0.2, 0) is 24.0 Å². The zero-order valence-electron chi connectivity index (χ0n) is 17.9. The summed E-state index contributed by atoms with van der Waals surface area (Å²) in [6.07, 6.45) is 2.03. The summed E-state index contributed by atoms with van der Waals surface area (Å²) in [6, 6.07) is -4.96. The van der Waals surface area contributed by atoms with Gasteiger partial charge in [-0.25, -0.2) is 4.79 Å². The van der Waals surface area contributed by atoms with Gasteiger partial charge in [-0.05, 0) is 24.3 Å². The van der Waals surface area contributed by atoms with Crippen LogP contribution < -0.4 is 27.4 Å². The third kappa shape index (κ3) is 10.5. The second-order valence-electron chi connectivity index (χ2n) is 7.07. The van der Waals surface area contributed by atoms with E-state index in [0.29, 0.717) is 12.2 Å². The Bertz CT molecular complexity index is 649. The van der Waals surface area contributed by atoms with Gasteiger partial charge in [0.25, 0.3) is 0 Å². The predicted octanol–water partition coefficient (Wildman–Crippen LogP) is -2.48. The van der Waals surface area contributed by atoms with Gasteiger partial charge in [0.15, 0.2) is 0 Å². The minimum atomic E-state index is -1.42. The molecule has 178 valence electrons. The lowest BCUT2D eigenvalue weighted by atomic mass is 9.97. The maximum atomic E-state index is 12.7. The van der Waals surface area contributed by atoms with Crippen LogP contribution in [0.5, 0.6) is 0 Å². The van der Waals surface area contributed by atoms with Gasteiger partial charge in [0.05, 0.1) is 19.1 Å². The van der Waals surface area contributed by atoms with Gasteiger partial charge >= 0.3 is 5.97 Å². The molecule has 0 saturated heterocycles. The van der Waals surface area contributed by atoms with Crippen LogP contribution in [0.3, 0.4) is 0 Å². The van der Waals surface area contributed by atoms with Crippen LogP contribution in [0.1, 0.15) is 33.1 Å². The Morgan fingerprint density at radius 3 is 2.03 bits per heavy atom. The molecule has 9 N–H and O–H groups in total. The molecule has 0 aromatic heterocycles. The van der Waals surface area contributed by atoms with Gasteiger partial charge in [0.2, 0.25) is 23.6 Å². The Hall–Kier alpha value is -2.38. The quantitative estimate of drug-likeness (QED) is 0.137. The van der Waals surface area contributed by atoms with Gasteiger partial charge in [0, 0.05) is 0 Å². The van der Waals surface area contributed by atoms with Crippen LogP contribution >= 0.6 is 11.8 Å². The molecule has 5 atom stereocenters. The van der Waals surface area contributed by atoms with Gasteiger partial charge in [-0.3, -0.25) is 19.2 Å². The molecule has 0 heterocycles. The first-order chi connectivity index (χ1) is 14.5. The molecular formula is C18H33N5O7S. The molecule has 0 aromatic rings. The van der Waals surface area contributed by atoms with E-state index in [1.54, 1.807) is 20.1 Å². The minimum absolute atomic E-state index is 0.164. The number of aliphatic hydroxyl groups is 1. The van der Waals surface area contributed by atoms with Crippen molar-refractivity contribution in [3.8, 4) is 0 Å². The van der Waals surface area contributed by atoms with Crippen molar-refractivity contribution in [2.75, 3.05) is 18.6 Å². The summed E-state index contributed by atoms with van der Waals surface area (Å²) in [5, 5.41) is 25.8. The van der Waals surface area contributed by atoms with E-state index in [0.717, 1.165) is 0 Å². The number of primary amides is 1. The number of hydrogen-bond donors (Lipinski definition) is 7. The van der Waals surface area contributed by atoms with Crippen LogP contribution in [0.25, 0.3) is 0 Å². The number of carbonyl (C=O) groups excluding carboxylic acids is 4. The largest absolute Gasteiger partial charge is 0.480 e. The third-order valence-electron chi connectivity index (χ3n) is 4.59. The highest BCUT2D eigenvalue weighted by Crippen LogP contribution is 2.09. The molecule has 5 unspecified atom stereocenters. The van der Waals surface area contributed by atoms with Crippen molar-refractivity contribution in [1.82, 2.24) is 16.0 Å². The van der Waals surface area contributed by atoms with Crippen molar-refractivity contribution in [3.63, 3.8) is 0 Å². The monoisotopic (exact) mass is 463 g/mol. The molecule has 0 radical (unpaired) electrons. The molecule has 0 aliphatic carbocycles. The Morgan fingerprint density at radius 1 is 1.00 bits per heavy atom. The number of carboxylic acid groups (broad SMARTS) is 1. The van der Waals surface area contributed by atoms with Crippen LogP contribution in [0.2, 0.25) is 0 Å². The van der Waals surface area contributed by atoms with E-state index in [1.807, 2.05) is 0 Å². The van der Waals surface area contributed by atoms with Gasteiger partial charge in [-0.1, -0.05) is 20.3 Å². The highest BCUT2D eigenvalue weighted by atomic mass is 32.2. The normalized spacial score (nSPS) is 15.6. The molecular weight excluding hydrogens is 430 g/mol. The van der Waals surface area contributed by atoms with Crippen LogP contribution in [0.4, 0.5) is 0 Å². The summed E-state index contributed by atoms with van der Waals surface area (Å²) in [5.74, 6) is -4.31. The molecule has 12 nitrogen and oxygen atoms in total. The molecule has 31 heavy (non-hydrogen) atoms. The average molecular weight is 464 g/mol. The molecule has 0 aromatic carbocycles. The van der Waals surface area contributed by atoms with Crippen LogP contribution in [0.15, 0.2) is 0 Å². The van der Waals surface area contributed by atoms with Crippen LogP contribution in [0, 0.1) is 5.92 Å². The van der Waals surface area contributed by atoms with Gasteiger partial charge in [-0.2, -0.15) is 11.8 Å². The second-order valence-corrected chi connectivity index (χ2v) is 8.06. The Morgan fingerprint density at radius 2 is 1.58 bits per heavy atom. The number of aliphatic carboxylic acids is 1. The van der Waals surface area contributed by atoms with Crippen molar-refractivity contribution in [1.29, 1.82) is 0 Å². The van der Waals surface area contributed by atoms with E-state index < -0.39 is 66.8 Å². The Kier molecular flexibility index (Phi) is 13.5. The van der Waals surface area contributed by atoms with Crippen molar-refractivity contribution in [3.05, 3.63) is 0 Å². The zero-order chi connectivity index (χ0) is 24.1. The molecule has 0 fully saturated rings. The fourth-order valence-corrected chi connectivity index (χ4v) is 2.96. The van der Waals surface area contributed by atoms with Gasteiger partial charge in [-0.15, -0.1) is 0 Å². The number of nitrogens with one attached hydrogen (secondary N) is 3. The summed E-state index contributed by atoms with van der Waals surface area (Å²) >= 11 is 1.41. The fraction of sp³-hybridized carbons (Fsp3) is 0.722. The average Bonchev–Trinajstić information content (AvgIpc) is 2.71. The third-order valence-corrected chi connectivity index (χ3v) is 5.24. The highest BCUT2D eigenvalue weighted by Gasteiger charge is 2.32. The lowest BCUT2D eigenvalue weighted by Crippen LogP contribution is -2.59.